The Kier molecular flexibility index (Phi) is 6.67. The van der Waals surface area contributed by atoms with Crippen molar-refractivity contribution in [3.05, 3.63) is 30.0 Å². The number of thioether (sulfide) groups is 1. The molecule has 7 nitrogen and oxygen atoms in total. The van der Waals surface area contributed by atoms with Gasteiger partial charge in [0.2, 0.25) is 5.91 Å². The highest BCUT2D eigenvalue weighted by Crippen LogP contribution is 2.36. The fourth-order valence-electron chi connectivity index (χ4n) is 4.35. The molecule has 3 unspecified atom stereocenters. The summed E-state index contributed by atoms with van der Waals surface area (Å²) in [5.41, 5.74) is 1.68. The van der Waals surface area contributed by atoms with Gasteiger partial charge in [-0.1, -0.05) is 25.6 Å². The van der Waals surface area contributed by atoms with Gasteiger partial charge in [-0.05, 0) is 25.1 Å². The summed E-state index contributed by atoms with van der Waals surface area (Å²) in [5.74, 6) is 2.23. The topological polar surface area (TPSA) is 76.0 Å². The number of benzene rings is 1. The number of likely N-dealkylation sites (tertiary alicyclic amines) is 1. The monoisotopic (exact) mass is 442 g/mol. The van der Waals surface area contributed by atoms with E-state index in [0.717, 1.165) is 59.8 Å². The van der Waals surface area contributed by atoms with Crippen LogP contribution in [0.25, 0.3) is 10.9 Å². The molecule has 0 saturated carbocycles. The van der Waals surface area contributed by atoms with Crippen molar-refractivity contribution in [3.8, 4) is 11.5 Å². The zero-order valence-electron chi connectivity index (χ0n) is 18.6. The number of carbonyl (C=O) groups is 1. The number of ether oxygens (including phenoxy) is 2. The van der Waals surface area contributed by atoms with Crippen LogP contribution in [-0.4, -0.2) is 59.1 Å². The van der Waals surface area contributed by atoms with E-state index in [4.69, 9.17) is 14.5 Å². The van der Waals surface area contributed by atoms with Crippen molar-refractivity contribution in [2.24, 2.45) is 4.99 Å². The number of hydrogen-bond donors (Lipinski definition) is 1. The van der Waals surface area contributed by atoms with Gasteiger partial charge in [-0.2, -0.15) is 0 Å². The van der Waals surface area contributed by atoms with Crippen molar-refractivity contribution in [2.45, 2.75) is 51.8 Å². The normalized spacial score (nSPS) is 23.7. The highest BCUT2D eigenvalue weighted by atomic mass is 32.2. The Labute approximate surface area is 187 Å². The molecule has 1 N–H and O–H groups in total. The highest BCUT2D eigenvalue weighted by molar-refractivity contribution is 8.14. The molecule has 1 amide bonds. The second-order valence-electron chi connectivity index (χ2n) is 8.00. The van der Waals surface area contributed by atoms with Crippen LogP contribution >= 0.6 is 11.8 Å². The Balaban J connectivity index is 1.67. The molecular weight excluding hydrogens is 412 g/mol. The van der Waals surface area contributed by atoms with Crippen molar-refractivity contribution in [1.82, 2.24) is 15.2 Å². The number of fused-ring (bicyclic) bond motifs is 1. The molecule has 1 saturated heterocycles. The molecule has 4 rings (SSSR count). The lowest BCUT2D eigenvalue weighted by Crippen LogP contribution is -2.29. The van der Waals surface area contributed by atoms with Crippen LogP contribution in [0.1, 0.15) is 45.3 Å². The molecule has 3 heterocycles. The Morgan fingerprint density at radius 3 is 2.84 bits per heavy atom. The van der Waals surface area contributed by atoms with Gasteiger partial charge < -0.3 is 14.8 Å². The number of amides is 1. The zero-order chi connectivity index (χ0) is 22.0. The number of nitrogens with zero attached hydrogens (tertiary/aromatic N) is 3. The van der Waals surface area contributed by atoms with Crippen LogP contribution in [0, 0.1) is 0 Å². The summed E-state index contributed by atoms with van der Waals surface area (Å²) in [7, 11) is 1.66. The second kappa shape index (κ2) is 9.44. The summed E-state index contributed by atoms with van der Waals surface area (Å²) < 4.78 is 12.0. The largest absolute Gasteiger partial charge is 0.497 e. The average molecular weight is 443 g/mol. The fourth-order valence-corrected chi connectivity index (χ4v) is 5.33. The number of carbonyl (C=O) groups excluding carboxylic acids is 1. The molecule has 0 radical (unpaired) electrons. The predicted molar refractivity (Wildman–Crippen MR) is 125 cm³/mol. The molecule has 1 fully saturated rings. The van der Waals surface area contributed by atoms with Crippen LogP contribution in [0.4, 0.5) is 0 Å². The van der Waals surface area contributed by atoms with Crippen molar-refractivity contribution >= 4 is 33.7 Å². The molecule has 166 valence electrons. The number of aliphatic imine (C=N–C) groups is 1. The molecule has 3 atom stereocenters. The van der Waals surface area contributed by atoms with E-state index < -0.39 is 0 Å². The first-order valence-corrected chi connectivity index (χ1v) is 11.9. The summed E-state index contributed by atoms with van der Waals surface area (Å²) in [5, 5.41) is 4.40. The number of aromatic nitrogens is 1. The number of rotatable bonds is 6. The highest BCUT2D eigenvalue weighted by Gasteiger charge is 2.32. The minimum atomic E-state index is -0.121. The lowest BCUT2D eigenvalue weighted by molar-refractivity contribution is -0.117. The molecule has 0 aliphatic carbocycles. The zero-order valence-corrected chi connectivity index (χ0v) is 19.4. The minimum absolute atomic E-state index is 0.112. The van der Waals surface area contributed by atoms with Crippen molar-refractivity contribution < 1.29 is 14.3 Å². The smallest absolute Gasteiger partial charge is 0.222 e. The van der Waals surface area contributed by atoms with Gasteiger partial charge in [-0.15, -0.1) is 0 Å². The number of pyridine rings is 1. The Morgan fingerprint density at radius 2 is 2.16 bits per heavy atom. The number of methoxy groups -OCH3 is 1. The van der Waals surface area contributed by atoms with Crippen LogP contribution in [-0.2, 0) is 4.79 Å². The van der Waals surface area contributed by atoms with Gasteiger partial charge in [0.05, 0.1) is 18.3 Å². The van der Waals surface area contributed by atoms with E-state index >= 15 is 0 Å². The molecule has 8 heteroatoms. The maximum absolute atomic E-state index is 11.4. The molecule has 0 spiro atoms. The number of likely N-dealkylation sites (N-methyl/N-ethyl adjacent to an activating group) is 1. The predicted octanol–water partition coefficient (Wildman–Crippen LogP) is 3.78. The first kappa shape index (κ1) is 21.9. The fraction of sp³-hybridized carbons (Fsp3) is 0.522. The van der Waals surface area contributed by atoms with Gasteiger partial charge in [0.15, 0.2) is 5.17 Å². The van der Waals surface area contributed by atoms with Crippen LogP contribution in [0.3, 0.4) is 0 Å². The third kappa shape index (κ3) is 4.80. The molecule has 31 heavy (non-hydrogen) atoms. The molecule has 2 aromatic rings. The molecule has 1 aromatic carbocycles. The quantitative estimate of drug-likeness (QED) is 0.734. The number of nitrogens with one attached hydrogen (secondary N) is 1. The van der Waals surface area contributed by atoms with Gasteiger partial charge in [0, 0.05) is 49.2 Å². The third-order valence-corrected chi connectivity index (χ3v) is 6.90. The van der Waals surface area contributed by atoms with Crippen molar-refractivity contribution in [1.29, 1.82) is 0 Å². The third-order valence-electron chi connectivity index (χ3n) is 5.93. The van der Waals surface area contributed by atoms with Gasteiger partial charge in [0.25, 0.3) is 0 Å². The van der Waals surface area contributed by atoms with E-state index in [1.54, 1.807) is 7.11 Å². The molecule has 0 bridgehead atoms. The van der Waals surface area contributed by atoms with E-state index in [2.05, 4.69) is 29.1 Å². The second-order valence-corrected chi connectivity index (χ2v) is 9.00. The molecule has 2 aliphatic rings. The minimum Gasteiger partial charge on any atom is -0.497 e. The Hall–Kier alpha value is -2.32. The maximum atomic E-state index is 11.4. The van der Waals surface area contributed by atoms with Crippen LogP contribution < -0.4 is 14.8 Å². The van der Waals surface area contributed by atoms with Crippen LogP contribution in [0.15, 0.2) is 29.3 Å². The molecule has 1 aromatic heterocycles. The molecule has 2 aliphatic heterocycles. The van der Waals surface area contributed by atoms with Gasteiger partial charge >= 0.3 is 0 Å². The van der Waals surface area contributed by atoms with Gasteiger partial charge in [-0.25, -0.2) is 0 Å². The summed E-state index contributed by atoms with van der Waals surface area (Å²) >= 11 is 1.54. The number of hydrogen-bond acceptors (Lipinski definition) is 7. The van der Waals surface area contributed by atoms with Crippen molar-refractivity contribution in [2.75, 3.05) is 26.0 Å². The summed E-state index contributed by atoms with van der Waals surface area (Å²) in [6.07, 6.45) is 2.32. The van der Waals surface area contributed by atoms with Gasteiger partial charge in [0.1, 0.15) is 23.6 Å². The summed E-state index contributed by atoms with van der Waals surface area (Å²) in [4.78, 5) is 23.4. The average Bonchev–Trinajstić information content (AvgIpc) is 3.39. The van der Waals surface area contributed by atoms with E-state index in [0.29, 0.717) is 11.2 Å². The lowest BCUT2D eigenvalue weighted by atomic mass is 10.1. The van der Waals surface area contributed by atoms with E-state index in [1.807, 2.05) is 24.3 Å². The van der Waals surface area contributed by atoms with E-state index in [-0.39, 0.29) is 18.1 Å². The first-order chi connectivity index (χ1) is 15.0. The van der Waals surface area contributed by atoms with E-state index in [1.165, 1.54) is 18.7 Å². The SMILES string of the molecule is CCC1CC(Oc2cc(C3CSC(NC(C)=O)=N3)nc3cc(OC)ccc23)CN1CC. The summed E-state index contributed by atoms with van der Waals surface area (Å²) in [6.45, 7) is 7.92. The Bertz CT molecular complexity index is 984. The maximum Gasteiger partial charge on any atom is 0.222 e. The lowest BCUT2D eigenvalue weighted by Gasteiger charge is -2.20. The Morgan fingerprint density at radius 1 is 1.32 bits per heavy atom. The molecular formula is C23H30N4O3S. The van der Waals surface area contributed by atoms with Gasteiger partial charge in [-0.3, -0.25) is 19.7 Å². The summed E-state index contributed by atoms with van der Waals surface area (Å²) in [6, 6.07) is 8.36. The van der Waals surface area contributed by atoms with Crippen LogP contribution in [0.5, 0.6) is 11.5 Å². The van der Waals surface area contributed by atoms with Crippen molar-refractivity contribution in [3.63, 3.8) is 0 Å². The standard InChI is InChI=1S/C23H30N4O3S/c1-5-15-9-17(12-27(15)6-2)30-22-11-20(21-13-31-23(26-21)24-14(3)28)25-19-10-16(29-4)7-8-18(19)22/h7-8,10-11,15,17,21H,5-6,9,12-13H2,1-4H3,(H,24,26,28). The number of amidine groups is 1. The van der Waals surface area contributed by atoms with E-state index in [9.17, 15) is 4.79 Å². The van der Waals surface area contributed by atoms with Crippen LogP contribution in [0.2, 0.25) is 0 Å². The first-order valence-electron chi connectivity index (χ1n) is 10.9.